The third-order valence-corrected chi connectivity index (χ3v) is 8.89. The summed E-state index contributed by atoms with van der Waals surface area (Å²) >= 11 is 0. The second-order valence-electron chi connectivity index (χ2n) is 11.0. The minimum Gasteiger partial charge on any atom is -0.305 e. The van der Waals surface area contributed by atoms with Gasteiger partial charge in [0.25, 0.3) is 11.8 Å². The van der Waals surface area contributed by atoms with Crippen LogP contribution in [0.3, 0.4) is 0 Å². The average Bonchev–Trinajstić information content (AvgIpc) is 3.52. The Hall–Kier alpha value is -4.66. The highest BCUT2D eigenvalue weighted by Gasteiger charge is 2.47. The molecule has 1 fully saturated rings. The van der Waals surface area contributed by atoms with E-state index in [1.807, 2.05) is 0 Å². The van der Waals surface area contributed by atoms with Gasteiger partial charge >= 0.3 is 0 Å². The van der Waals surface area contributed by atoms with Crippen molar-refractivity contribution >= 4 is 46.6 Å². The quantitative estimate of drug-likeness (QED) is 0.424. The molecule has 0 saturated heterocycles. The minimum absolute atomic E-state index is 0.0967. The van der Waals surface area contributed by atoms with E-state index in [-0.39, 0.29) is 40.7 Å². The van der Waals surface area contributed by atoms with Gasteiger partial charge in [-0.05, 0) is 57.9 Å². The molecule has 2 aliphatic carbocycles. The fourth-order valence-electron chi connectivity index (χ4n) is 6.51. The van der Waals surface area contributed by atoms with Gasteiger partial charge in [-0.1, -0.05) is 30.7 Å². The normalized spacial score (nSPS) is 22.4. The van der Waals surface area contributed by atoms with Crippen molar-refractivity contribution in [2.24, 2.45) is 5.92 Å². The highest BCUT2D eigenvalue weighted by molar-refractivity contribution is 6.25. The van der Waals surface area contributed by atoms with E-state index in [1.54, 1.807) is 74.2 Å². The molecule has 2 aromatic rings. The Morgan fingerprint density at radius 2 is 1.32 bits per heavy atom. The topological polar surface area (TPSA) is 112 Å². The van der Waals surface area contributed by atoms with Crippen molar-refractivity contribution in [1.82, 2.24) is 4.90 Å². The highest BCUT2D eigenvalue weighted by Crippen LogP contribution is 2.43. The van der Waals surface area contributed by atoms with Gasteiger partial charge in [0.05, 0.1) is 35.0 Å². The van der Waals surface area contributed by atoms with Crippen LogP contribution < -0.4 is 9.80 Å². The Morgan fingerprint density at radius 3 is 1.98 bits per heavy atom. The lowest BCUT2D eigenvalue weighted by atomic mass is 9.85. The summed E-state index contributed by atoms with van der Waals surface area (Å²) in [6.45, 7) is 4.30. The van der Waals surface area contributed by atoms with Crippen LogP contribution in [0, 0.1) is 5.92 Å². The number of imide groups is 1. The number of para-hydroxylation sites is 2. The van der Waals surface area contributed by atoms with Crippen LogP contribution in [0.4, 0.5) is 11.4 Å². The summed E-state index contributed by atoms with van der Waals surface area (Å²) in [6, 6.07) is 13.0. The van der Waals surface area contributed by atoms with Gasteiger partial charge in [0.2, 0.25) is 11.8 Å². The number of nitrogens with zero attached hydrogens (tertiary/aromatic N) is 3. The monoisotopic (exact) mass is 551 g/mol. The van der Waals surface area contributed by atoms with Gasteiger partial charge in [-0.25, -0.2) is 0 Å². The Balaban J connectivity index is 1.39. The number of hydrogen-bond donors (Lipinski definition) is 0. The largest absolute Gasteiger partial charge is 0.305 e. The molecule has 9 heteroatoms. The van der Waals surface area contributed by atoms with Crippen molar-refractivity contribution in [2.45, 2.75) is 46.1 Å². The Bertz CT molecular complexity index is 1610. The van der Waals surface area contributed by atoms with Crippen molar-refractivity contribution in [1.29, 1.82) is 0 Å². The standard InChI is InChI=1S/C32H29N3O6/c1-17-18(2)29(38)23(19(3)28(17)37)15-33-25-12-6-7-13-26(25)35(24-14-8-11-22(24)32(33)41)27(36)16-34-30(39)20-9-4-5-10-21(20)31(34)40/h4-7,9-10,12-13,22,24H,8,11,14-16H2,1-3H3/t22-,24+/m0/s1. The van der Waals surface area contributed by atoms with E-state index in [1.165, 1.54) is 4.90 Å². The van der Waals surface area contributed by atoms with Crippen molar-refractivity contribution in [3.05, 3.63) is 82.0 Å². The van der Waals surface area contributed by atoms with Gasteiger partial charge in [0, 0.05) is 28.3 Å². The zero-order valence-corrected chi connectivity index (χ0v) is 23.1. The van der Waals surface area contributed by atoms with E-state index >= 15 is 0 Å². The van der Waals surface area contributed by atoms with Crippen molar-refractivity contribution in [3.63, 3.8) is 0 Å². The summed E-state index contributed by atoms with van der Waals surface area (Å²) in [5.41, 5.74) is 2.77. The number of allylic oxidation sites excluding steroid dienone is 3. The predicted octanol–water partition coefficient (Wildman–Crippen LogP) is 3.64. The molecule has 2 aromatic carbocycles. The number of Topliss-reactive ketones (excluding diaryl/α,β-unsaturated/α-hetero) is 2. The molecule has 0 aromatic heterocycles. The highest BCUT2D eigenvalue weighted by atomic mass is 16.2. The molecule has 2 heterocycles. The average molecular weight is 552 g/mol. The first kappa shape index (κ1) is 26.6. The number of hydrogen-bond acceptors (Lipinski definition) is 6. The molecule has 4 amide bonds. The fourth-order valence-corrected chi connectivity index (χ4v) is 6.51. The lowest BCUT2D eigenvalue weighted by Crippen LogP contribution is -2.49. The van der Waals surface area contributed by atoms with Gasteiger partial charge in [-0.15, -0.1) is 0 Å². The van der Waals surface area contributed by atoms with Crippen LogP contribution >= 0.6 is 0 Å². The Labute approximate surface area is 237 Å². The lowest BCUT2D eigenvalue weighted by molar-refractivity contribution is -0.123. The van der Waals surface area contributed by atoms with E-state index in [9.17, 15) is 28.8 Å². The second-order valence-corrected chi connectivity index (χ2v) is 11.0. The number of rotatable bonds is 4. The molecule has 41 heavy (non-hydrogen) atoms. The molecular weight excluding hydrogens is 522 g/mol. The summed E-state index contributed by atoms with van der Waals surface area (Å²) in [5.74, 6) is -2.76. The van der Waals surface area contributed by atoms with Gasteiger partial charge in [0.1, 0.15) is 6.54 Å². The molecule has 2 atom stereocenters. The molecule has 0 unspecified atom stereocenters. The zero-order valence-electron chi connectivity index (χ0n) is 23.1. The van der Waals surface area contributed by atoms with Crippen LogP contribution in [-0.2, 0) is 19.2 Å². The van der Waals surface area contributed by atoms with E-state index in [2.05, 4.69) is 0 Å². The van der Waals surface area contributed by atoms with Gasteiger partial charge in [-0.3, -0.25) is 33.7 Å². The smallest absolute Gasteiger partial charge is 0.262 e. The summed E-state index contributed by atoms with van der Waals surface area (Å²) in [5, 5.41) is 0. The number of carbonyl (C=O) groups is 6. The summed E-state index contributed by atoms with van der Waals surface area (Å²) in [6.07, 6.45) is 1.84. The molecule has 0 radical (unpaired) electrons. The third kappa shape index (κ3) is 3.98. The van der Waals surface area contributed by atoms with Gasteiger partial charge < -0.3 is 9.80 Å². The molecule has 9 nitrogen and oxygen atoms in total. The first-order chi connectivity index (χ1) is 19.6. The minimum atomic E-state index is -0.540. The van der Waals surface area contributed by atoms with Crippen molar-refractivity contribution in [3.8, 4) is 0 Å². The van der Waals surface area contributed by atoms with Crippen molar-refractivity contribution < 1.29 is 28.8 Å². The Kier molecular flexibility index (Phi) is 6.32. The predicted molar refractivity (Wildman–Crippen MR) is 150 cm³/mol. The summed E-state index contributed by atoms with van der Waals surface area (Å²) in [7, 11) is 0. The molecule has 0 N–H and O–H groups in total. The number of anilines is 2. The zero-order chi connectivity index (χ0) is 29.2. The number of benzene rings is 2. The maximum atomic E-state index is 14.1. The van der Waals surface area contributed by atoms with E-state index in [0.717, 1.165) is 4.90 Å². The van der Waals surface area contributed by atoms with Crippen LogP contribution in [0.25, 0.3) is 0 Å². The first-order valence-corrected chi connectivity index (χ1v) is 13.8. The van der Waals surface area contributed by atoms with Crippen LogP contribution in [0.1, 0.15) is 60.7 Å². The molecule has 0 bridgehead atoms. The molecule has 1 saturated carbocycles. The van der Waals surface area contributed by atoms with E-state index < -0.39 is 36.2 Å². The second kappa shape index (κ2) is 9.76. The maximum absolute atomic E-state index is 14.1. The molecule has 2 aliphatic heterocycles. The van der Waals surface area contributed by atoms with Gasteiger partial charge in [0.15, 0.2) is 11.6 Å². The van der Waals surface area contributed by atoms with Crippen LogP contribution in [0.15, 0.2) is 70.8 Å². The number of fused-ring (bicyclic) bond motifs is 3. The summed E-state index contributed by atoms with van der Waals surface area (Å²) in [4.78, 5) is 84.4. The molecular formula is C32H29N3O6. The lowest BCUT2D eigenvalue weighted by Gasteiger charge is -2.31. The van der Waals surface area contributed by atoms with E-state index in [0.29, 0.717) is 47.4 Å². The molecule has 4 aliphatic rings. The molecule has 0 spiro atoms. The molecule has 6 rings (SSSR count). The van der Waals surface area contributed by atoms with Crippen LogP contribution in [0.5, 0.6) is 0 Å². The van der Waals surface area contributed by atoms with Gasteiger partial charge in [-0.2, -0.15) is 0 Å². The number of carbonyl (C=O) groups excluding carboxylic acids is 6. The maximum Gasteiger partial charge on any atom is 0.262 e. The summed E-state index contributed by atoms with van der Waals surface area (Å²) < 4.78 is 0. The van der Waals surface area contributed by atoms with Crippen molar-refractivity contribution in [2.75, 3.05) is 22.9 Å². The first-order valence-electron chi connectivity index (χ1n) is 13.8. The van der Waals surface area contributed by atoms with E-state index in [4.69, 9.17) is 0 Å². The van der Waals surface area contributed by atoms with Crippen LogP contribution in [-0.4, -0.2) is 59.2 Å². The Morgan fingerprint density at radius 1 is 0.732 bits per heavy atom. The van der Waals surface area contributed by atoms with Crippen LogP contribution in [0.2, 0.25) is 0 Å². The molecule has 208 valence electrons. The SMILES string of the molecule is CC1=C(C)C(=O)C(CN2C(=O)[C@H]3CCC[C@H]3N(C(=O)CN3C(=O)c4ccccc4C3=O)c3ccccc32)=C(C)C1=O. The number of amides is 4. The fraction of sp³-hybridized carbons (Fsp3) is 0.312. The number of ketones is 2. The third-order valence-electron chi connectivity index (χ3n) is 8.89.